The molecule has 0 fully saturated rings. The van der Waals surface area contributed by atoms with Crippen LogP contribution in [0.5, 0.6) is 5.75 Å². The molecule has 0 amide bonds. The molecule has 51 heavy (non-hydrogen) atoms. The van der Waals surface area contributed by atoms with Gasteiger partial charge in [-0.3, -0.25) is 4.99 Å². The van der Waals surface area contributed by atoms with Gasteiger partial charge >= 0.3 is 0 Å². The van der Waals surface area contributed by atoms with Gasteiger partial charge in [0.25, 0.3) is 0 Å². The number of aliphatic imine (C=N–C) groups is 1. The molecule has 1 heterocycles. The highest BCUT2D eigenvalue weighted by Crippen LogP contribution is 2.44. The number of thiazole rings is 1. The van der Waals surface area contributed by atoms with Crippen LogP contribution < -0.4 is 0 Å². The first-order valence-electron chi connectivity index (χ1n) is 17.8. The molecule has 6 aromatic carbocycles. The van der Waals surface area contributed by atoms with E-state index in [4.69, 9.17) is 9.98 Å². The van der Waals surface area contributed by atoms with Crippen molar-refractivity contribution < 1.29 is 5.11 Å². The molecule has 7 rings (SSSR count). The molecule has 0 atom stereocenters. The van der Waals surface area contributed by atoms with Crippen LogP contribution in [0.2, 0.25) is 0 Å². The predicted molar refractivity (Wildman–Crippen MR) is 220 cm³/mol. The highest BCUT2D eigenvalue weighted by Gasteiger charge is 2.22. The molecule has 256 valence electrons. The Labute approximate surface area is 306 Å². The van der Waals surface area contributed by atoms with Crippen LogP contribution in [0.4, 0.5) is 5.69 Å². The Kier molecular flexibility index (Phi) is 8.93. The standard InChI is InChI=1S/C47H46N2OS/c1-29(2)30-16-18-31(19-17-30)33-13-11-14-34(24-33)40-26-37(47(6,7)8)27-42-44(40)49-45(51-42)39-22-20-32-12-9-10-15-38(32)43(39)48-28-35-25-36(46(3,4)5)21-23-41(35)50/h9-29,50H,1-8H3. The molecule has 0 unspecified atom stereocenters. The predicted octanol–water partition coefficient (Wildman–Crippen LogP) is 13.6. The summed E-state index contributed by atoms with van der Waals surface area (Å²) in [5.74, 6) is 0.712. The summed E-state index contributed by atoms with van der Waals surface area (Å²) in [6.07, 6.45) is 1.80. The first-order valence-corrected chi connectivity index (χ1v) is 18.6. The molecule has 0 radical (unpaired) electrons. The minimum absolute atomic E-state index is 0.0423. The fourth-order valence-electron chi connectivity index (χ4n) is 6.55. The summed E-state index contributed by atoms with van der Waals surface area (Å²) >= 11 is 1.71. The molecule has 0 aliphatic rings. The number of aromatic hydroxyl groups is 1. The zero-order chi connectivity index (χ0) is 36.1. The lowest BCUT2D eigenvalue weighted by molar-refractivity contribution is 0.473. The smallest absolute Gasteiger partial charge is 0.126 e. The molecule has 3 nitrogen and oxygen atoms in total. The van der Waals surface area contributed by atoms with Crippen molar-refractivity contribution in [3.63, 3.8) is 0 Å². The summed E-state index contributed by atoms with van der Waals surface area (Å²) in [4.78, 5) is 10.5. The highest BCUT2D eigenvalue weighted by atomic mass is 32.1. The fraction of sp³-hybridized carbons (Fsp3) is 0.234. The van der Waals surface area contributed by atoms with Crippen molar-refractivity contribution in [3.8, 4) is 38.6 Å². The zero-order valence-electron chi connectivity index (χ0n) is 30.9. The van der Waals surface area contributed by atoms with Crippen LogP contribution in [0.3, 0.4) is 0 Å². The number of nitrogens with zero attached hydrogens (tertiary/aromatic N) is 2. The van der Waals surface area contributed by atoms with Crippen LogP contribution in [0.15, 0.2) is 120 Å². The van der Waals surface area contributed by atoms with E-state index in [0.29, 0.717) is 11.5 Å². The zero-order valence-corrected chi connectivity index (χ0v) is 31.7. The SMILES string of the molecule is CC(C)c1ccc(-c2cccc(-c3cc(C(C)(C)C)cc4sc(-c5ccc6ccccc6c5N=Cc5cc(C(C)(C)C)ccc5O)nc34)c2)cc1. The number of hydrogen-bond donors (Lipinski definition) is 1. The van der Waals surface area contributed by atoms with E-state index in [9.17, 15) is 5.11 Å². The molecule has 4 heteroatoms. The average molecular weight is 687 g/mol. The Balaban J connectivity index is 1.39. The minimum atomic E-state index is -0.0522. The van der Waals surface area contributed by atoms with E-state index in [1.165, 1.54) is 22.3 Å². The number of fused-ring (bicyclic) bond motifs is 2. The molecule has 0 aliphatic heterocycles. The summed E-state index contributed by atoms with van der Waals surface area (Å²) in [7, 11) is 0. The number of hydrogen-bond acceptors (Lipinski definition) is 4. The van der Waals surface area contributed by atoms with Crippen LogP contribution in [-0.4, -0.2) is 16.3 Å². The number of phenolic OH excluding ortho intramolecular Hbond substituents is 1. The van der Waals surface area contributed by atoms with E-state index < -0.39 is 0 Å². The molecule has 0 bridgehead atoms. The van der Waals surface area contributed by atoms with Crippen molar-refractivity contribution in [2.75, 3.05) is 0 Å². The second kappa shape index (κ2) is 13.2. The van der Waals surface area contributed by atoms with Gasteiger partial charge in [0.15, 0.2) is 0 Å². The summed E-state index contributed by atoms with van der Waals surface area (Å²) in [5.41, 5.74) is 11.9. The molecule has 1 aromatic heterocycles. The van der Waals surface area contributed by atoms with E-state index in [2.05, 4.69) is 152 Å². The summed E-state index contributed by atoms with van der Waals surface area (Å²) < 4.78 is 1.15. The Morgan fingerprint density at radius 2 is 1.39 bits per heavy atom. The number of phenols is 1. The quantitative estimate of drug-likeness (QED) is 0.177. The largest absolute Gasteiger partial charge is 0.507 e. The molecule has 7 aromatic rings. The third kappa shape index (κ3) is 6.98. The molecular formula is C47H46N2OS. The number of benzene rings is 6. The Bertz CT molecular complexity index is 2420. The first-order chi connectivity index (χ1) is 24.3. The maximum Gasteiger partial charge on any atom is 0.126 e. The van der Waals surface area contributed by atoms with Crippen molar-refractivity contribution in [2.45, 2.75) is 72.1 Å². The second-order valence-corrected chi connectivity index (χ2v) is 17.0. The molecule has 1 N–H and O–H groups in total. The van der Waals surface area contributed by atoms with Crippen molar-refractivity contribution >= 4 is 44.2 Å². The van der Waals surface area contributed by atoms with Gasteiger partial charge in [-0.05, 0) is 91.9 Å². The van der Waals surface area contributed by atoms with E-state index in [-0.39, 0.29) is 16.6 Å². The lowest BCUT2D eigenvalue weighted by Gasteiger charge is -2.20. The van der Waals surface area contributed by atoms with Gasteiger partial charge in [-0.2, -0.15) is 0 Å². The van der Waals surface area contributed by atoms with Gasteiger partial charge in [-0.1, -0.05) is 134 Å². The summed E-state index contributed by atoms with van der Waals surface area (Å²) in [5, 5.41) is 13.9. The normalized spacial score (nSPS) is 12.5. The van der Waals surface area contributed by atoms with Crippen molar-refractivity contribution in [3.05, 3.63) is 138 Å². The first kappa shape index (κ1) is 34.4. The van der Waals surface area contributed by atoms with Crippen LogP contribution >= 0.6 is 11.3 Å². The molecule has 0 saturated heterocycles. The number of aromatic nitrogens is 1. The third-order valence-corrected chi connectivity index (χ3v) is 10.8. The van der Waals surface area contributed by atoms with Gasteiger partial charge in [-0.15, -0.1) is 11.3 Å². The van der Waals surface area contributed by atoms with E-state index in [0.717, 1.165) is 53.9 Å². The van der Waals surface area contributed by atoms with Crippen LogP contribution in [-0.2, 0) is 10.8 Å². The molecular weight excluding hydrogens is 641 g/mol. The monoisotopic (exact) mass is 686 g/mol. The number of rotatable bonds is 6. The van der Waals surface area contributed by atoms with Gasteiger partial charge in [0.05, 0.1) is 15.9 Å². The minimum Gasteiger partial charge on any atom is -0.507 e. The van der Waals surface area contributed by atoms with Gasteiger partial charge in [0.2, 0.25) is 0 Å². The van der Waals surface area contributed by atoms with Gasteiger partial charge in [0.1, 0.15) is 10.8 Å². The van der Waals surface area contributed by atoms with Gasteiger partial charge < -0.3 is 5.11 Å². The van der Waals surface area contributed by atoms with E-state index >= 15 is 0 Å². The fourth-order valence-corrected chi connectivity index (χ4v) is 7.61. The lowest BCUT2D eigenvalue weighted by atomic mass is 9.85. The van der Waals surface area contributed by atoms with Crippen LogP contribution in [0.25, 0.3) is 53.8 Å². The lowest BCUT2D eigenvalue weighted by Crippen LogP contribution is -2.11. The summed E-state index contributed by atoms with van der Waals surface area (Å²) in [6.45, 7) is 17.8. The van der Waals surface area contributed by atoms with E-state index in [1.54, 1.807) is 23.6 Å². The molecule has 0 spiro atoms. The van der Waals surface area contributed by atoms with Gasteiger partial charge in [-0.25, -0.2) is 4.98 Å². The molecule has 0 saturated carbocycles. The van der Waals surface area contributed by atoms with Crippen molar-refractivity contribution in [1.82, 2.24) is 4.98 Å². The maximum atomic E-state index is 10.8. The van der Waals surface area contributed by atoms with Crippen LogP contribution in [0.1, 0.15) is 83.6 Å². The Hall–Kier alpha value is -5.06. The topological polar surface area (TPSA) is 45.5 Å². The maximum absolute atomic E-state index is 10.8. The third-order valence-electron chi connectivity index (χ3n) is 9.80. The molecule has 0 aliphatic carbocycles. The Morgan fingerprint density at radius 3 is 2.12 bits per heavy atom. The summed E-state index contributed by atoms with van der Waals surface area (Å²) in [6, 6.07) is 40.9. The Morgan fingerprint density at radius 1 is 0.667 bits per heavy atom. The van der Waals surface area contributed by atoms with Crippen molar-refractivity contribution in [1.29, 1.82) is 0 Å². The van der Waals surface area contributed by atoms with E-state index in [1.807, 2.05) is 12.1 Å². The second-order valence-electron chi connectivity index (χ2n) is 16.0. The van der Waals surface area contributed by atoms with Gasteiger partial charge in [0, 0.05) is 28.3 Å². The highest BCUT2D eigenvalue weighted by molar-refractivity contribution is 7.21. The average Bonchev–Trinajstić information content (AvgIpc) is 3.54. The van der Waals surface area contributed by atoms with Crippen molar-refractivity contribution in [2.24, 2.45) is 4.99 Å². The van der Waals surface area contributed by atoms with Crippen LogP contribution in [0, 0.1) is 0 Å².